The largest absolute Gasteiger partial charge is 0.345 e. The fourth-order valence-corrected chi connectivity index (χ4v) is 5.99. The number of hydrogen-bond donors (Lipinski definition) is 2. The number of aromatic nitrogens is 5. The van der Waals surface area contributed by atoms with Crippen LogP contribution in [0.1, 0.15) is 19.3 Å². The molecule has 3 atom stereocenters. The van der Waals surface area contributed by atoms with Gasteiger partial charge in [0.1, 0.15) is 10.8 Å². The highest BCUT2D eigenvalue weighted by atomic mass is 35.5. The fraction of sp³-hybridized carbons (Fsp3) is 0.381. The van der Waals surface area contributed by atoms with E-state index >= 15 is 0 Å². The first kappa shape index (κ1) is 19.2. The minimum atomic E-state index is -0.121. The van der Waals surface area contributed by atoms with Crippen LogP contribution in [0.15, 0.2) is 23.1 Å². The first-order valence-corrected chi connectivity index (χ1v) is 11.1. The summed E-state index contributed by atoms with van der Waals surface area (Å²) in [7, 11) is 3.54. The Balaban J connectivity index is 1.55. The minimum absolute atomic E-state index is 0.121. The zero-order valence-electron chi connectivity index (χ0n) is 17.1. The van der Waals surface area contributed by atoms with Gasteiger partial charge in [-0.25, -0.2) is 0 Å². The number of nitrogens with one attached hydrogen (secondary N) is 1. The first-order chi connectivity index (χ1) is 14.9. The van der Waals surface area contributed by atoms with Crippen LogP contribution in [0.5, 0.6) is 0 Å². The summed E-state index contributed by atoms with van der Waals surface area (Å²) in [5, 5.41) is 6.46. The molecule has 0 aliphatic carbocycles. The second-order valence-electron chi connectivity index (χ2n) is 8.54. The summed E-state index contributed by atoms with van der Waals surface area (Å²) in [4.78, 5) is 23.7. The van der Waals surface area contributed by atoms with E-state index in [2.05, 4.69) is 15.0 Å². The Morgan fingerprint density at radius 1 is 1.16 bits per heavy atom. The summed E-state index contributed by atoms with van der Waals surface area (Å²) in [5.41, 5.74) is 8.84. The molecule has 3 N–H and O–H groups in total. The van der Waals surface area contributed by atoms with Gasteiger partial charge in [0.15, 0.2) is 0 Å². The number of nitrogens with two attached hydrogens (primary N) is 1. The Kier molecular flexibility index (Phi) is 4.00. The first-order valence-electron chi connectivity index (χ1n) is 10.3. The van der Waals surface area contributed by atoms with Gasteiger partial charge in [0.05, 0.1) is 21.3 Å². The van der Waals surface area contributed by atoms with Crippen molar-refractivity contribution in [3.05, 3.63) is 38.9 Å². The van der Waals surface area contributed by atoms with Crippen molar-refractivity contribution in [3.8, 4) is 11.1 Å². The zero-order chi connectivity index (χ0) is 21.6. The number of fused-ring (bicyclic) bond motifs is 4. The van der Waals surface area contributed by atoms with E-state index in [1.165, 1.54) is 0 Å². The quantitative estimate of drug-likeness (QED) is 0.481. The van der Waals surface area contributed by atoms with Crippen molar-refractivity contribution >= 4 is 51.1 Å². The van der Waals surface area contributed by atoms with E-state index in [0.29, 0.717) is 55.2 Å². The number of halogens is 2. The van der Waals surface area contributed by atoms with Gasteiger partial charge in [-0.1, -0.05) is 29.3 Å². The number of anilines is 1. The summed E-state index contributed by atoms with van der Waals surface area (Å²) in [5.74, 6) is 0.670. The average Bonchev–Trinajstić information content (AvgIpc) is 3.48. The molecule has 0 radical (unpaired) electrons. The number of aryl methyl sites for hydroxylation is 1. The van der Waals surface area contributed by atoms with E-state index in [1.807, 2.05) is 12.1 Å². The highest BCUT2D eigenvalue weighted by Gasteiger charge is 2.46. The number of rotatable bonds is 2. The Bertz CT molecular complexity index is 1440. The summed E-state index contributed by atoms with van der Waals surface area (Å²) in [6.45, 7) is 0. The maximum atomic E-state index is 13.5. The SMILES string of the molecule is Cn1nc2ccc(-c3c[nH]c4nc(N5[C@H]6CC[C@@H]5[C@@H](N)C6)n(C)c(=O)c34)c(Cl)c2c1Cl. The second-order valence-corrected chi connectivity index (χ2v) is 9.28. The lowest BCUT2D eigenvalue weighted by Gasteiger charge is -2.25. The maximum Gasteiger partial charge on any atom is 0.264 e. The van der Waals surface area contributed by atoms with Gasteiger partial charge < -0.3 is 15.6 Å². The molecule has 6 rings (SSSR count). The number of H-pyrrole nitrogens is 1. The van der Waals surface area contributed by atoms with Gasteiger partial charge in [0.25, 0.3) is 5.56 Å². The molecule has 2 bridgehead atoms. The van der Waals surface area contributed by atoms with Crippen LogP contribution >= 0.6 is 23.2 Å². The van der Waals surface area contributed by atoms with Crippen LogP contribution < -0.4 is 16.2 Å². The van der Waals surface area contributed by atoms with Gasteiger partial charge in [-0.05, 0) is 25.3 Å². The molecule has 8 nitrogen and oxygen atoms in total. The third-order valence-corrected chi connectivity index (χ3v) is 7.69. The van der Waals surface area contributed by atoms with Gasteiger partial charge in [0, 0.05) is 49.5 Å². The Labute approximate surface area is 187 Å². The maximum absolute atomic E-state index is 13.5. The summed E-state index contributed by atoms with van der Waals surface area (Å²) < 4.78 is 3.21. The van der Waals surface area contributed by atoms with Gasteiger partial charge in [-0.2, -0.15) is 10.1 Å². The summed E-state index contributed by atoms with van der Waals surface area (Å²) >= 11 is 13.1. The molecule has 10 heteroatoms. The topological polar surface area (TPSA) is 97.8 Å². The number of aromatic amines is 1. The number of nitrogens with zero attached hydrogens (tertiary/aromatic N) is 5. The lowest BCUT2D eigenvalue weighted by atomic mass is 9.97. The lowest BCUT2D eigenvalue weighted by molar-refractivity contribution is 0.503. The molecule has 2 aliphatic rings. The predicted octanol–water partition coefficient (Wildman–Crippen LogP) is 3.19. The van der Waals surface area contributed by atoms with Gasteiger partial charge >= 0.3 is 0 Å². The van der Waals surface area contributed by atoms with Crippen molar-refractivity contribution in [2.75, 3.05) is 4.90 Å². The van der Waals surface area contributed by atoms with Crippen LogP contribution in [0, 0.1) is 0 Å². The van der Waals surface area contributed by atoms with E-state index in [-0.39, 0.29) is 17.6 Å². The van der Waals surface area contributed by atoms with Crippen LogP contribution in [0.3, 0.4) is 0 Å². The van der Waals surface area contributed by atoms with E-state index < -0.39 is 0 Å². The fourth-order valence-electron chi connectivity index (χ4n) is 5.36. The smallest absolute Gasteiger partial charge is 0.264 e. The standard InChI is InChI=1S/C21H21Cl2N7O/c1-28-20(31)15-11(10-4-5-13-16(17(10)22)18(23)29(2)27-13)8-25-19(15)26-21(28)30-9-3-6-14(30)12(24)7-9/h4-5,8-9,12,14,25H,3,6-7,24H2,1-2H3/t9-,12-,14+/m0/s1. The molecule has 31 heavy (non-hydrogen) atoms. The Morgan fingerprint density at radius 2 is 1.97 bits per heavy atom. The van der Waals surface area contributed by atoms with Crippen molar-refractivity contribution in [1.29, 1.82) is 0 Å². The highest BCUT2D eigenvalue weighted by molar-refractivity contribution is 6.43. The molecule has 4 aromatic rings. The van der Waals surface area contributed by atoms with Gasteiger partial charge in [0.2, 0.25) is 5.95 Å². The normalized spacial score (nSPS) is 23.0. The molecule has 0 unspecified atom stereocenters. The molecular weight excluding hydrogens is 437 g/mol. The van der Waals surface area contributed by atoms with Crippen LogP contribution in [0.2, 0.25) is 10.2 Å². The third-order valence-electron chi connectivity index (χ3n) is 6.86. The molecule has 2 saturated heterocycles. The molecule has 0 spiro atoms. The molecule has 160 valence electrons. The summed E-state index contributed by atoms with van der Waals surface area (Å²) in [6.07, 6.45) is 4.85. The van der Waals surface area contributed by atoms with Crippen molar-refractivity contribution in [2.45, 2.75) is 37.4 Å². The van der Waals surface area contributed by atoms with Crippen LogP contribution in [0.25, 0.3) is 33.1 Å². The van der Waals surface area contributed by atoms with E-state index in [9.17, 15) is 4.79 Å². The molecule has 0 saturated carbocycles. The Morgan fingerprint density at radius 3 is 2.68 bits per heavy atom. The third kappa shape index (κ3) is 2.49. The average molecular weight is 458 g/mol. The predicted molar refractivity (Wildman–Crippen MR) is 123 cm³/mol. The molecule has 1 aromatic carbocycles. The van der Waals surface area contributed by atoms with E-state index in [4.69, 9.17) is 33.9 Å². The highest BCUT2D eigenvalue weighted by Crippen LogP contribution is 2.41. The Hall–Kier alpha value is -2.55. The van der Waals surface area contributed by atoms with Crippen LogP contribution in [-0.4, -0.2) is 42.4 Å². The molecule has 5 heterocycles. The van der Waals surface area contributed by atoms with Crippen molar-refractivity contribution in [2.24, 2.45) is 19.8 Å². The van der Waals surface area contributed by atoms with Crippen LogP contribution in [0.4, 0.5) is 5.95 Å². The monoisotopic (exact) mass is 457 g/mol. The van der Waals surface area contributed by atoms with Crippen molar-refractivity contribution in [3.63, 3.8) is 0 Å². The molecule has 0 amide bonds. The molecule has 2 aliphatic heterocycles. The van der Waals surface area contributed by atoms with Gasteiger partial charge in [-0.15, -0.1) is 0 Å². The minimum Gasteiger partial charge on any atom is -0.345 e. The van der Waals surface area contributed by atoms with Crippen molar-refractivity contribution in [1.82, 2.24) is 24.3 Å². The number of benzene rings is 1. The van der Waals surface area contributed by atoms with Crippen molar-refractivity contribution < 1.29 is 0 Å². The molecule has 2 fully saturated rings. The van der Waals surface area contributed by atoms with Gasteiger partial charge in [-0.3, -0.25) is 14.0 Å². The lowest BCUT2D eigenvalue weighted by Crippen LogP contribution is -2.40. The summed E-state index contributed by atoms with van der Waals surface area (Å²) in [6, 6.07) is 4.43. The van der Waals surface area contributed by atoms with E-state index in [0.717, 1.165) is 19.3 Å². The van der Waals surface area contributed by atoms with Crippen LogP contribution in [-0.2, 0) is 14.1 Å². The van der Waals surface area contributed by atoms with E-state index in [1.54, 1.807) is 29.5 Å². The second kappa shape index (κ2) is 6.48. The number of hydrogen-bond acceptors (Lipinski definition) is 5. The molecule has 3 aromatic heterocycles. The zero-order valence-corrected chi connectivity index (χ0v) is 18.6. The molecular formula is C21H21Cl2N7O.